The third kappa shape index (κ3) is 4.29. The maximum Gasteiger partial charge on any atom is 0.356 e. The first-order chi connectivity index (χ1) is 20.8. The van der Waals surface area contributed by atoms with E-state index in [2.05, 4.69) is 31.8 Å². The van der Waals surface area contributed by atoms with Crippen molar-refractivity contribution in [2.45, 2.75) is 38.3 Å². The summed E-state index contributed by atoms with van der Waals surface area (Å²) in [5.41, 5.74) is 0.127. The molecule has 13 heteroatoms. The van der Waals surface area contributed by atoms with E-state index in [1.807, 2.05) is 18.7 Å². The standard InChI is InChI=1S/C30H28F2N8O3/c1-4-22(41)38-9-10-39(21-13-20(21)38)27-16-12-18(32)25-23-17(31)6-5-7-19(23)33-8-11-43-29-26(24(15(2)3)34-14-35-29)40(28(16)36-25)30(42)37-27/h4-7,12,14-15,20-21,33H,1,8-11,13H2,2-3H3/t20-,21+/m1/s1. The minimum absolute atomic E-state index is 0.0597. The number of fused-ring (bicyclic) bond motifs is 6. The van der Waals surface area contributed by atoms with Gasteiger partial charge < -0.3 is 19.9 Å². The number of anilines is 2. The molecule has 0 unspecified atom stereocenters. The largest absolute Gasteiger partial charge is 0.474 e. The predicted octanol–water partition coefficient (Wildman–Crippen LogP) is 3.42. The average molecular weight is 587 g/mol. The number of ether oxygens (including phenoxy) is 1. The van der Waals surface area contributed by atoms with Gasteiger partial charge in [0.05, 0.1) is 28.7 Å². The highest BCUT2D eigenvalue weighted by Crippen LogP contribution is 2.42. The Morgan fingerprint density at radius 3 is 2.79 bits per heavy atom. The Morgan fingerprint density at radius 1 is 1.16 bits per heavy atom. The summed E-state index contributed by atoms with van der Waals surface area (Å²) in [6.07, 6.45) is 3.32. The molecule has 1 aliphatic carbocycles. The molecule has 1 aromatic carbocycles. The molecule has 5 heterocycles. The van der Waals surface area contributed by atoms with Gasteiger partial charge in [-0.05, 0) is 36.6 Å². The summed E-state index contributed by atoms with van der Waals surface area (Å²) < 4.78 is 38.7. The minimum Gasteiger partial charge on any atom is -0.474 e. The van der Waals surface area contributed by atoms with Crippen LogP contribution in [0.1, 0.15) is 31.9 Å². The number of carbonyl (C=O) groups is 1. The summed E-state index contributed by atoms with van der Waals surface area (Å²) in [4.78, 5) is 48.0. The number of pyridine rings is 1. The first-order valence-electron chi connectivity index (χ1n) is 14.1. The molecule has 3 aliphatic rings. The highest BCUT2D eigenvalue weighted by molar-refractivity contribution is 5.93. The predicted molar refractivity (Wildman–Crippen MR) is 156 cm³/mol. The molecule has 2 fully saturated rings. The van der Waals surface area contributed by atoms with E-state index in [1.54, 1.807) is 11.0 Å². The van der Waals surface area contributed by atoms with E-state index in [4.69, 9.17) is 4.74 Å². The molecular weight excluding hydrogens is 558 g/mol. The van der Waals surface area contributed by atoms with Crippen LogP contribution in [0.25, 0.3) is 28.0 Å². The molecule has 7 rings (SSSR count). The number of nitrogens with zero attached hydrogens (tertiary/aromatic N) is 7. The van der Waals surface area contributed by atoms with Crippen LogP contribution in [0.15, 0.2) is 48.0 Å². The van der Waals surface area contributed by atoms with Crippen molar-refractivity contribution in [2.24, 2.45) is 0 Å². The van der Waals surface area contributed by atoms with Crippen LogP contribution < -0.4 is 20.6 Å². The number of carbonyl (C=O) groups excluding carboxylic acids is 1. The van der Waals surface area contributed by atoms with Crippen molar-refractivity contribution in [3.05, 3.63) is 71.1 Å². The Morgan fingerprint density at radius 2 is 2.00 bits per heavy atom. The molecule has 2 bridgehead atoms. The first-order valence-corrected chi connectivity index (χ1v) is 14.1. The first kappa shape index (κ1) is 26.9. The number of amides is 1. The van der Waals surface area contributed by atoms with Crippen molar-refractivity contribution < 1.29 is 18.3 Å². The lowest BCUT2D eigenvalue weighted by Crippen LogP contribution is -2.49. The lowest BCUT2D eigenvalue weighted by atomic mass is 10.1. The topological polar surface area (TPSA) is 118 Å². The second-order valence-corrected chi connectivity index (χ2v) is 11.0. The summed E-state index contributed by atoms with van der Waals surface area (Å²) in [5.74, 6) is -1.38. The Balaban J connectivity index is 1.53. The van der Waals surface area contributed by atoms with E-state index >= 15 is 8.78 Å². The van der Waals surface area contributed by atoms with Crippen LogP contribution in [0.4, 0.5) is 20.3 Å². The van der Waals surface area contributed by atoms with Crippen molar-refractivity contribution in [1.29, 1.82) is 0 Å². The lowest BCUT2D eigenvalue weighted by molar-refractivity contribution is -0.126. The average Bonchev–Trinajstić information content (AvgIpc) is 3.79. The van der Waals surface area contributed by atoms with Crippen LogP contribution in [-0.2, 0) is 4.79 Å². The van der Waals surface area contributed by atoms with Crippen molar-refractivity contribution in [2.75, 3.05) is 36.5 Å². The molecule has 220 valence electrons. The van der Waals surface area contributed by atoms with Gasteiger partial charge in [-0.3, -0.25) is 4.79 Å². The van der Waals surface area contributed by atoms with E-state index in [9.17, 15) is 9.59 Å². The van der Waals surface area contributed by atoms with E-state index in [-0.39, 0.29) is 76.7 Å². The fourth-order valence-corrected chi connectivity index (χ4v) is 6.10. The second-order valence-electron chi connectivity index (χ2n) is 11.0. The van der Waals surface area contributed by atoms with Crippen molar-refractivity contribution in [3.8, 4) is 22.8 Å². The third-order valence-corrected chi connectivity index (χ3v) is 8.13. The third-order valence-electron chi connectivity index (χ3n) is 8.13. The molecule has 2 atom stereocenters. The molecule has 1 amide bonds. The number of aromatic nitrogens is 5. The molecule has 3 aromatic heterocycles. The maximum absolute atomic E-state index is 16.1. The van der Waals surface area contributed by atoms with Crippen LogP contribution in [-0.4, -0.2) is 73.6 Å². The van der Waals surface area contributed by atoms with Crippen LogP contribution in [0.2, 0.25) is 0 Å². The highest BCUT2D eigenvalue weighted by Gasteiger charge is 2.51. The number of benzene rings is 1. The van der Waals surface area contributed by atoms with Gasteiger partial charge in [0.15, 0.2) is 11.5 Å². The van der Waals surface area contributed by atoms with Gasteiger partial charge in [-0.1, -0.05) is 26.5 Å². The fraction of sp³-hybridized carbons (Fsp3) is 0.333. The van der Waals surface area contributed by atoms with Gasteiger partial charge in [0.1, 0.15) is 36.0 Å². The van der Waals surface area contributed by atoms with E-state index < -0.39 is 17.3 Å². The van der Waals surface area contributed by atoms with Gasteiger partial charge in [-0.15, -0.1) is 0 Å². The molecule has 1 saturated heterocycles. The summed E-state index contributed by atoms with van der Waals surface area (Å²) in [6.45, 7) is 8.53. The van der Waals surface area contributed by atoms with Crippen molar-refractivity contribution in [3.63, 3.8) is 0 Å². The molecule has 43 heavy (non-hydrogen) atoms. The number of halogens is 2. The summed E-state index contributed by atoms with van der Waals surface area (Å²) in [7, 11) is 0. The fourth-order valence-electron chi connectivity index (χ4n) is 6.10. The molecule has 1 saturated carbocycles. The van der Waals surface area contributed by atoms with Crippen LogP contribution in [0.3, 0.4) is 0 Å². The number of piperazine rings is 1. The Hall–Kier alpha value is -4.94. The van der Waals surface area contributed by atoms with Crippen molar-refractivity contribution in [1.82, 2.24) is 29.4 Å². The van der Waals surface area contributed by atoms with E-state index in [1.165, 1.54) is 35.2 Å². The molecule has 0 radical (unpaired) electrons. The number of hydrogen-bond donors (Lipinski definition) is 1. The van der Waals surface area contributed by atoms with Gasteiger partial charge >= 0.3 is 5.69 Å². The zero-order valence-corrected chi connectivity index (χ0v) is 23.5. The smallest absolute Gasteiger partial charge is 0.356 e. The minimum atomic E-state index is -0.774. The monoisotopic (exact) mass is 586 g/mol. The van der Waals surface area contributed by atoms with Crippen molar-refractivity contribution >= 4 is 28.4 Å². The van der Waals surface area contributed by atoms with Gasteiger partial charge in [0, 0.05) is 25.3 Å². The number of rotatable bonds is 3. The van der Waals surface area contributed by atoms with Crippen LogP contribution in [0, 0.1) is 11.6 Å². The number of hydrogen-bond acceptors (Lipinski definition) is 9. The molecule has 11 nitrogen and oxygen atoms in total. The van der Waals surface area contributed by atoms with E-state index in [0.717, 1.165) is 0 Å². The normalized spacial score (nSPS) is 19.0. The summed E-state index contributed by atoms with van der Waals surface area (Å²) >= 11 is 0. The zero-order valence-electron chi connectivity index (χ0n) is 23.5. The van der Waals surface area contributed by atoms with Crippen LogP contribution >= 0.6 is 0 Å². The van der Waals surface area contributed by atoms with Crippen LogP contribution in [0.5, 0.6) is 5.88 Å². The zero-order chi connectivity index (χ0) is 30.0. The lowest BCUT2D eigenvalue weighted by Gasteiger charge is -2.35. The number of nitrogens with one attached hydrogen (secondary N) is 1. The summed E-state index contributed by atoms with van der Waals surface area (Å²) in [6, 6.07) is 5.45. The van der Waals surface area contributed by atoms with Gasteiger partial charge in [0.25, 0.3) is 0 Å². The molecule has 4 aromatic rings. The molecule has 0 spiro atoms. The Labute approximate surface area is 244 Å². The summed E-state index contributed by atoms with van der Waals surface area (Å²) in [5, 5.41) is 3.36. The molecular formula is C30H28F2N8O3. The SMILES string of the molecule is C=CC(=O)N1CCN(c2nc(=O)n3c4nc(c(F)cc24)-c2c(F)cccc2NCCOc2ncnc(C(C)C)c2-3)[C@H]2C[C@H]21. The van der Waals surface area contributed by atoms with Gasteiger partial charge in [-0.25, -0.2) is 28.1 Å². The quantitative estimate of drug-likeness (QED) is 0.360. The second kappa shape index (κ2) is 10.1. The molecule has 2 aliphatic heterocycles. The van der Waals surface area contributed by atoms with Gasteiger partial charge in [0.2, 0.25) is 11.8 Å². The van der Waals surface area contributed by atoms with E-state index in [0.29, 0.717) is 30.9 Å². The highest BCUT2D eigenvalue weighted by atomic mass is 19.1. The maximum atomic E-state index is 16.1. The Bertz CT molecular complexity index is 1880. The molecule has 1 N–H and O–H groups in total. The Kier molecular flexibility index (Phi) is 6.33. The van der Waals surface area contributed by atoms with Gasteiger partial charge in [-0.2, -0.15) is 9.97 Å².